The molecule has 3 rings (SSSR count). The number of esters is 1. The number of rotatable bonds is 6. The number of carbonyl (C=O) groups excluding carboxylic acids is 2. The topological polar surface area (TPSA) is 55.8 Å². The van der Waals surface area contributed by atoms with Crippen molar-refractivity contribution >= 4 is 29.3 Å². The smallest absolute Gasteiger partial charge is 0.328 e. The minimum Gasteiger partial charge on any atom is -0.488 e. The summed E-state index contributed by atoms with van der Waals surface area (Å²) < 4.78 is 10.7. The third-order valence-corrected chi connectivity index (χ3v) is 5.48. The molecule has 2 heterocycles. The fourth-order valence-electron chi connectivity index (χ4n) is 3.19. The van der Waals surface area contributed by atoms with Gasteiger partial charge in [0, 0.05) is 17.7 Å². The van der Waals surface area contributed by atoms with Gasteiger partial charge in [-0.3, -0.25) is 4.79 Å². The van der Waals surface area contributed by atoms with E-state index in [0.717, 1.165) is 23.3 Å². The lowest BCUT2D eigenvalue weighted by Crippen LogP contribution is -2.40. The Morgan fingerprint density at radius 2 is 2.15 bits per heavy atom. The number of amides is 1. The van der Waals surface area contributed by atoms with Crippen molar-refractivity contribution in [2.75, 3.05) is 13.7 Å². The Bertz CT molecular complexity index is 842. The van der Waals surface area contributed by atoms with Crippen LogP contribution in [0.3, 0.4) is 0 Å². The van der Waals surface area contributed by atoms with Gasteiger partial charge in [0.2, 0.25) is 0 Å². The van der Waals surface area contributed by atoms with Crippen LogP contribution in [0.1, 0.15) is 40.6 Å². The van der Waals surface area contributed by atoms with Crippen LogP contribution >= 0.6 is 11.3 Å². The number of hydrogen-bond donors (Lipinski definition) is 0. The van der Waals surface area contributed by atoms with E-state index in [4.69, 9.17) is 9.47 Å². The van der Waals surface area contributed by atoms with Crippen molar-refractivity contribution < 1.29 is 19.1 Å². The molecule has 0 N–H and O–H groups in total. The summed E-state index contributed by atoms with van der Waals surface area (Å²) in [5.41, 5.74) is 1.96. The van der Waals surface area contributed by atoms with E-state index in [1.807, 2.05) is 54.8 Å². The molecule has 0 radical (unpaired) electrons. The third kappa shape index (κ3) is 4.39. The minimum atomic E-state index is -0.475. The fourth-order valence-corrected chi connectivity index (χ4v) is 4.04. The maximum Gasteiger partial charge on any atom is 0.328 e. The van der Waals surface area contributed by atoms with Crippen LogP contribution in [0.4, 0.5) is 0 Å². The third-order valence-electron chi connectivity index (χ3n) is 4.51. The first kappa shape index (κ1) is 19.2. The largest absolute Gasteiger partial charge is 0.488 e. The first-order valence-corrected chi connectivity index (χ1v) is 9.82. The predicted octanol–water partition coefficient (Wildman–Crippen LogP) is 4.14. The molecule has 27 heavy (non-hydrogen) atoms. The van der Waals surface area contributed by atoms with Crippen LogP contribution < -0.4 is 4.74 Å². The van der Waals surface area contributed by atoms with Gasteiger partial charge in [-0.15, -0.1) is 11.3 Å². The number of hydrogen-bond acceptors (Lipinski definition) is 5. The van der Waals surface area contributed by atoms with Crippen molar-refractivity contribution in [3.63, 3.8) is 0 Å². The molecule has 1 aromatic heterocycles. The molecule has 0 spiro atoms. The Morgan fingerprint density at radius 1 is 1.33 bits per heavy atom. The van der Waals surface area contributed by atoms with E-state index in [-0.39, 0.29) is 11.9 Å². The Morgan fingerprint density at radius 3 is 2.93 bits per heavy atom. The van der Waals surface area contributed by atoms with Crippen LogP contribution in [-0.4, -0.2) is 36.5 Å². The van der Waals surface area contributed by atoms with Gasteiger partial charge in [0.15, 0.2) is 0 Å². The van der Waals surface area contributed by atoms with Crippen LogP contribution in [0.25, 0.3) is 6.08 Å². The Labute approximate surface area is 163 Å². The molecular formula is C21H23NO4S. The predicted molar refractivity (Wildman–Crippen MR) is 106 cm³/mol. The van der Waals surface area contributed by atoms with E-state index < -0.39 is 6.04 Å². The fraction of sp³-hybridized carbons (Fsp3) is 0.333. The number of allylic oxidation sites excluding steroid dienone is 1. The Hall–Kier alpha value is -2.60. The number of nitrogens with zero attached hydrogens (tertiary/aromatic N) is 1. The lowest BCUT2D eigenvalue weighted by Gasteiger charge is -2.21. The molecule has 0 aliphatic carbocycles. The van der Waals surface area contributed by atoms with Gasteiger partial charge < -0.3 is 14.4 Å². The van der Waals surface area contributed by atoms with E-state index in [1.54, 1.807) is 4.90 Å². The second kappa shape index (κ2) is 8.86. The first-order chi connectivity index (χ1) is 13.1. The quantitative estimate of drug-likeness (QED) is 0.702. The van der Waals surface area contributed by atoms with Crippen molar-refractivity contribution in [1.29, 1.82) is 0 Å². The number of thiophene rings is 1. The van der Waals surface area contributed by atoms with Crippen LogP contribution in [0.5, 0.6) is 5.75 Å². The molecule has 1 aliphatic rings. The molecule has 1 amide bonds. The normalized spacial score (nSPS) is 16.7. The van der Waals surface area contributed by atoms with E-state index in [2.05, 4.69) is 0 Å². The minimum absolute atomic E-state index is 0.117. The number of para-hydroxylation sites is 1. The summed E-state index contributed by atoms with van der Waals surface area (Å²) in [6.07, 6.45) is 5.44. The second-order valence-electron chi connectivity index (χ2n) is 6.33. The van der Waals surface area contributed by atoms with Crippen LogP contribution in [0, 0.1) is 0 Å². The summed E-state index contributed by atoms with van der Waals surface area (Å²) in [6, 6.07) is 9.20. The first-order valence-electron chi connectivity index (χ1n) is 8.94. The van der Waals surface area contributed by atoms with Gasteiger partial charge >= 0.3 is 5.97 Å². The zero-order chi connectivity index (χ0) is 19.2. The average Bonchev–Trinajstić information content (AvgIpc) is 3.36. The van der Waals surface area contributed by atoms with Crippen molar-refractivity contribution in [3.8, 4) is 5.75 Å². The molecule has 1 fully saturated rings. The molecule has 1 aromatic carbocycles. The molecule has 1 unspecified atom stereocenters. The highest BCUT2D eigenvalue weighted by Crippen LogP contribution is 2.26. The average molecular weight is 385 g/mol. The summed E-state index contributed by atoms with van der Waals surface area (Å²) in [6.45, 7) is 2.94. The lowest BCUT2D eigenvalue weighted by molar-refractivity contribution is -0.145. The molecule has 2 aromatic rings. The standard InChI is InChI=1S/C21H23NO4S/c1-3-7-16-8-4-5-10-18(16)26-13-15-12-19(27-14-15)20(23)22-11-6-9-17(22)21(24)25-2/h3-5,7-8,10,12,14,17H,6,9,11,13H2,1-2H3/b7-3+. The molecule has 0 saturated carbocycles. The molecule has 1 saturated heterocycles. The van der Waals surface area contributed by atoms with E-state index >= 15 is 0 Å². The van der Waals surface area contributed by atoms with Gasteiger partial charge in [0.25, 0.3) is 5.91 Å². The monoisotopic (exact) mass is 385 g/mol. The van der Waals surface area contributed by atoms with Crippen LogP contribution in [-0.2, 0) is 16.1 Å². The maximum atomic E-state index is 12.8. The molecule has 0 bridgehead atoms. The van der Waals surface area contributed by atoms with Crippen molar-refractivity contribution in [2.24, 2.45) is 0 Å². The summed E-state index contributed by atoms with van der Waals surface area (Å²) >= 11 is 1.38. The SMILES string of the molecule is C/C=C/c1ccccc1OCc1csc(C(=O)N2CCCC2C(=O)OC)c1. The molecule has 142 valence electrons. The lowest BCUT2D eigenvalue weighted by atomic mass is 10.2. The zero-order valence-corrected chi connectivity index (χ0v) is 16.3. The molecule has 6 heteroatoms. The van der Waals surface area contributed by atoms with Gasteiger partial charge in [-0.05, 0) is 37.3 Å². The second-order valence-corrected chi connectivity index (χ2v) is 7.24. The number of benzene rings is 1. The molecule has 1 atom stereocenters. The highest BCUT2D eigenvalue weighted by Gasteiger charge is 2.35. The maximum absolute atomic E-state index is 12.8. The van der Waals surface area contributed by atoms with Gasteiger partial charge in [-0.2, -0.15) is 0 Å². The van der Waals surface area contributed by atoms with E-state index in [0.29, 0.717) is 24.4 Å². The van der Waals surface area contributed by atoms with Crippen molar-refractivity contribution in [1.82, 2.24) is 4.90 Å². The summed E-state index contributed by atoms with van der Waals surface area (Å²) in [5.74, 6) is 0.343. The van der Waals surface area contributed by atoms with E-state index in [9.17, 15) is 9.59 Å². The highest BCUT2D eigenvalue weighted by atomic mass is 32.1. The van der Waals surface area contributed by atoms with Gasteiger partial charge in [0.1, 0.15) is 18.4 Å². The number of methoxy groups -OCH3 is 1. The van der Waals surface area contributed by atoms with Crippen molar-refractivity contribution in [2.45, 2.75) is 32.4 Å². The van der Waals surface area contributed by atoms with E-state index in [1.165, 1.54) is 18.4 Å². The molecule has 1 aliphatic heterocycles. The Balaban J connectivity index is 1.67. The number of ether oxygens (including phenoxy) is 2. The van der Waals surface area contributed by atoms with Gasteiger partial charge in [-0.25, -0.2) is 4.79 Å². The summed E-state index contributed by atoms with van der Waals surface area (Å²) in [4.78, 5) is 26.9. The number of carbonyl (C=O) groups is 2. The molecular weight excluding hydrogens is 362 g/mol. The van der Waals surface area contributed by atoms with Gasteiger partial charge in [0.05, 0.1) is 12.0 Å². The number of likely N-dealkylation sites (tertiary alicyclic amines) is 1. The zero-order valence-electron chi connectivity index (χ0n) is 15.5. The van der Waals surface area contributed by atoms with Gasteiger partial charge in [-0.1, -0.05) is 30.4 Å². The highest BCUT2D eigenvalue weighted by molar-refractivity contribution is 7.12. The summed E-state index contributed by atoms with van der Waals surface area (Å²) in [7, 11) is 1.36. The Kier molecular flexibility index (Phi) is 6.29. The summed E-state index contributed by atoms with van der Waals surface area (Å²) in [5, 5.41) is 1.93. The van der Waals surface area contributed by atoms with Crippen molar-refractivity contribution in [3.05, 3.63) is 57.8 Å². The molecule has 5 nitrogen and oxygen atoms in total. The van der Waals surface area contributed by atoms with Crippen LogP contribution in [0.2, 0.25) is 0 Å². The van der Waals surface area contributed by atoms with Crippen LogP contribution in [0.15, 0.2) is 41.8 Å².